The van der Waals surface area contributed by atoms with Gasteiger partial charge in [-0.25, -0.2) is 16.8 Å². The second kappa shape index (κ2) is 7.42. The van der Waals surface area contributed by atoms with Crippen LogP contribution in [0.3, 0.4) is 0 Å². The first kappa shape index (κ1) is 17.8. The van der Waals surface area contributed by atoms with E-state index in [2.05, 4.69) is 37.2 Å². The largest absolute Gasteiger partial charge is 0.315 e. The Morgan fingerprint density at radius 3 is 1.41 bits per heavy atom. The Morgan fingerprint density at radius 1 is 0.882 bits per heavy atom. The Kier molecular flexibility index (Phi) is 7.78. The van der Waals surface area contributed by atoms with Crippen molar-refractivity contribution in [3.05, 3.63) is 0 Å². The van der Waals surface area contributed by atoms with E-state index in [0.29, 0.717) is 0 Å². The van der Waals surface area contributed by atoms with Gasteiger partial charge in [0.25, 0.3) is 0 Å². The summed E-state index contributed by atoms with van der Waals surface area (Å²) in [5.41, 5.74) is 0. The fourth-order valence-corrected chi connectivity index (χ4v) is 3.51. The van der Waals surface area contributed by atoms with Crippen LogP contribution in [0.5, 0.6) is 0 Å². The Morgan fingerprint density at radius 2 is 1.18 bits per heavy atom. The average Bonchev–Trinajstić information content (AvgIpc) is 2.16. The SMILES string of the molecule is CC(Br)S(=O)(=O)CCNCCS(=O)(=O)C(C)Br. The number of rotatable bonds is 8. The lowest BCUT2D eigenvalue weighted by Crippen LogP contribution is -2.31. The van der Waals surface area contributed by atoms with Crippen molar-refractivity contribution in [3.8, 4) is 0 Å². The number of nitrogens with one attached hydrogen (secondary N) is 1. The molecule has 0 saturated carbocycles. The third-order valence-corrected chi connectivity index (χ3v) is 9.06. The van der Waals surface area contributed by atoms with E-state index in [1.165, 1.54) is 0 Å². The van der Waals surface area contributed by atoms with E-state index in [1.807, 2.05) is 0 Å². The highest BCUT2D eigenvalue weighted by atomic mass is 79.9. The van der Waals surface area contributed by atoms with E-state index in [4.69, 9.17) is 0 Å². The molecule has 0 fully saturated rings. The Balaban J connectivity index is 3.90. The van der Waals surface area contributed by atoms with Gasteiger partial charge in [-0.2, -0.15) is 0 Å². The standard InChI is InChI=1S/C8H17Br2NO4S2/c1-7(9)16(12,13)5-3-11-4-6-17(14,15)8(2)10/h7-8,11H,3-6H2,1-2H3. The summed E-state index contributed by atoms with van der Waals surface area (Å²) in [4.78, 5) is 0. The molecule has 0 aliphatic heterocycles. The van der Waals surface area contributed by atoms with Gasteiger partial charge >= 0.3 is 0 Å². The van der Waals surface area contributed by atoms with Gasteiger partial charge in [0.05, 0.1) is 11.5 Å². The number of sulfone groups is 2. The van der Waals surface area contributed by atoms with Gasteiger partial charge in [-0.15, -0.1) is 0 Å². The topological polar surface area (TPSA) is 80.3 Å². The summed E-state index contributed by atoms with van der Waals surface area (Å²) in [6.07, 6.45) is 0. The minimum atomic E-state index is -3.14. The van der Waals surface area contributed by atoms with Gasteiger partial charge in [-0.3, -0.25) is 0 Å². The molecule has 1 N–H and O–H groups in total. The van der Waals surface area contributed by atoms with E-state index in [0.717, 1.165) is 0 Å². The maximum atomic E-state index is 11.4. The molecule has 2 atom stereocenters. The monoisotopic (exact) mass is 413 g/mol. The van der Waals surface area contributed by atoms with Crippen LogP contribution >= 0.6 is 31.9 Å². The van der Waals surface area contributed by atoms with Gasteiger partial charge in [-0.05, 0) is 13.8 Å². The molecule has 0 spiro atoms. The number of hydrogen-bond donors (Lipinski definition) is 1. The summed E-state index contributed by atoms with van der Waals surface area (Å²) in [6, 6.07) is 0. The molecule has 17 heavy (non-hydrogen) atoms. The summed E-state index contributed by atoms with van der Waals surface area (Å²) < 4.78 is 44.4. The molecule has 9 heteroatoms. The molecule has 0 rings (SSSR count). The normalized spacial score (nSPS) is 16.7. The third kappa shape index (κ3) is 7.09. The molecule has 0 aromatic heterocycles. The van der Waals surface area contributed by atoms with Gasteiger partial charge in [0, 0.05) is 13.1 Å². The molecule has 0 aliphatic carbocycles. The molecule has 0 aromatic rings. The third-order valence-electron chi connectivity index (χ3n) is 2.12. The second-order valence-electron chi connectivity index (χ2n) is 3.57. The summed E-state index contributed by atoms with van der Waals surface area (Å²) >= 11 is 6.00. The molecule has 104 valence electrons. The Labute approximate surface area is 120 Å². The van der Waals surface area contributed by atoms with Crippen molar-refractivity contribution in [2.24, 2.45) is 0 Å². The van der Waals surface area contributed by atoms with Crippen molar-refractivity contribution in [3.63, 3.8) is 0 Å². The Bertz CT molecular complexity index is 377. The summed E-state index contributed by atoms with van der Waals surface area (Å²) in [6.45, 7) is 3.60. The van der Waals surface area contributed by atoms with Crippen LogP contribution in [0.2, 0.25) is 0 Å². The van der Waals surface area contributed by atoms with Crippen LogP contribution in [0.15, 0.2) is 0 Å². The van der Waals surface area contributed by atoms with Gasteiger partial charge < -0.3 is 5.32 Å². The van der Waals surface area contributed by atoms with Gasteiger partial charge in [0.1, 0.15) is 8.32 Å². The molecular formula is C8H17Br2NO4S2. The minimum Gasteiger partial charge on any atom is -0.315 e. The summed E-state index contributed by atoms with van der Waals surface area (Å²) in [7, 11) is -6.27. The van der Waals surface area contributed by atoms with Crippen LogP contribution in [0.4, 0.5) is 0 Å². The summed E-state index contributed by atoms with van der Waals surface area (Å²) in [5, 5.41) is 2.81. The lowest BCUT2D eigenvalue weighted by atomic mass is 10.7. The van der Waals surface area contributed by atoms with Crippen molar-refractivity contribution >= 4 is 51.5 Å². The molecule has 2 unspecified atom stereocenters. The number of alkyl halides is 2. The maximum absolute atomic E-state index is 11.4. The van der Waals surface area contributed by atoms with Gasteiger partial charge in [-0.1, -0.05) is 31.9 Å². The van der Waals surface area contributed by atoms with Crippen LogP contribution in [-0.4, -0.2) is 49.7 Å². The van der Waals surface area contributed by atoms with Crippen LogP contribution in [0.25, 0.3) is 0 Å². The van der Waals surface area contributed by atoms with E-state index in [1.54, 1.807) is 13.8 Å². The first-order chi connectivity index (χ1) is 7.59. The molecule has 0 aliphatic rings. The highest BCUT2D eigenvalue weighted by molar-refractivity contribution is 9.11. The zero-order valence-electron chi connectivity index (χ0n) is 9.69. The molecule has 0 bridgehead atoms. The minimum absolute atomic E-state index is 0.0106. The Hall–Kier alpha value is 0.820. The number of hydrogen-bond acceptors (Lipinski definition) is 5. The fraction of sp³-hybridized carbons (Fsp3) is 1.00. The highest BCUT2D eigenvalue weighted by Crippen LogP contribution is 2.09. The molecule has 5 nitrogen and oxygen atoms in total. The molecule has 0 amide bonds. The lowest BCUT2D eigenvalue weighted by Gasteiger charge is -2.09. The average molecular weight is 415 g/mol. The molecule has 0 saturated heterocycles. The molecular weight excluding hydrogens is 398 g/mol. The molecule has 0 heterocycles. The fourth-order valence-electron chi connectivity index (χ4n) is 0.879. The zero-order chi connectivity index (χ0) is 13.7. The van der Waals surface area contributed by atoms with E-state index in [9.17, 15) is 16.8 Å². The zero-order valence-corrected chi connectivity index (χ0v) is 14.5. The first-order valence-electron chi connectivity index (χ1n) is 5.01. The van der Waals surface area contributed by atoms with Crippen molar-refractivity contribution in [2.75, 3.05) is 24.6 Å². The highest BCUT2D eigenvalue weighted by Gasteiger charge is 2.18. The van der Waals surface area contributed by atoms with Crippen molar-refractivity contribution < 1.29 is 16.8 Å². The van der Waals surface area contributed by atoms with E-state index >= 15 is 0 Å². The van der Waals surface area contributed by atoms with Crippen molar-refractivity contribution in [1.82, 2.24) is 5.32 Å². The predicted octanol–water partition coefficient (Wildman–Crippen LogP) is 0.887. The van der Waals surface area contributed by atoms with Gasteiger partial charge in [0.2, 0.25) is 0 Å². The lowest BCUT2D eigenvalue weighted by molar-refractivity contribution is 0.587. The molecule has 0 aromatic carbocycles. The van der Waals surface area contributed by atoms with Crippen LogP contribution < -0.4 is 5.32 Å². The van der Waals surface area contributed by atoms with Crippen molar-refractivity contribution in [1.29, 1.82) is 0 Å². The second-order valence-corrected chi connectivity index (χ2v) is 12.4. The van der Waals surface area contributed by atoms with Gasteiger partial charge in [0.15, 0.2) is 19.7 Å². The maximum Gasteiger partial charge on any atom is 0.164 e. The van der Waals surface area contributed by atoms with E-state index in [-0.39, 0.29) is 24.6 Å². The van der Waals surface area contributed by atoms with E-state index < -0.39 is 28.0 Å². The number of halogens is 2. The smallest absolute Gasteiger partial charge is 0.164 e. The molecule has 0 radical (unpaired) electrons. The summed E-state index contributed by atoms with van der Waals surface area (Å²) in [5.74, 6) is -0.0212. The van der Waals surface area contributed by atoms with Crippen LogP contribution in [-0.2, 0) is 19.7 Å². The van der Waals surface area contributed by atoms with Crippen LogP contribution in [0.1, 0.15) is 13.8 Å². The van der Waals surface area contributed by atoms with Crippen LogP contribution in [0, 0.1) is 0 Å². The van der Waals surface area contributed by atoms with Crippen molar-refractivity contribution in [2.45, 2.75) is 22.2 Å². The predicted molar refractivity (Wildman–Crippen MR) is 77.2 cm³/mol. The quantitative estimate of drug-likeness (QED) is 0.471. The first-order valence-corrected chi connectivity index (χ1v) is 10.3.